The molecular formula is C21H19N3O3. The molecule has 0 aliphatic carbocycles. The Kier molecular flexibility index (Phi) is 5.69. The third kappa shape index (κ3) is 5.34. The standard InChI is InChI=1S/C21H19N3O3/c25-20(26)16-6-4-5-15(13-16)14-22-17-9-11-19(12-10-17)24-21(27)23-18-7-2-1-3-8-18/h1-13,22H,14H2,(H,25,26)(H2,23,24,27). The van der Waals surface area contributed by atoms with Crippen LogP contribution in [0.4, 0.5) is 21.9 Å². The number of carboxylic acid groups (broad SMARTS) is 1. The molecule has 0 heterocycles. The summed E-state index contributed by atoms with van der Waals surface area (Å²) < 4.78 is 0. The van der Waals surface area contributed by atoms with Crippen molar-refractivity contribution in [2.24, 2.45) is 0 Å². The second-order valence-corrected chi connectivity index (χ2v) is 5.88. The summed E-state index contributed by atoms with van der Waals surface area (Å²) in [5.41, 5.74) is 3.39. The molecule has 6 nitrogen and oxygen atoms in total. The summed E-state index contributed by atoms with van der Waals surface area (Å²) in [6, 6.07) is 23.0. The molecule has 0 aromatic heterocycles. The van der Waals surface area contributed by atoms with Crippen LogP contribution >= 0.6 is 0 Å². The summed E-state index contributed by atoms with van der Waals surface area (Å²) >= 11 is 0. The maximum Gasteiger partial charge on any atom is 0.335 e. The largest absolute Gasteiger partial charge is 0.478 e. The number of benzene rings is 3. The van der Waals surface area contributed by atoms with Gasteiger partial charge in [0, 0.05) is 23.6 Å². The minimum Gasteiger partial charge on any atom is -0.478 e. The van der Waals surface area contributed by atoms with Crippen molar-refractivity contribution in [3.05, 3.63) is 90.0 Å². The summed E-state index contributed by atoms with van der Waals surface area (Å²) in [6.07, 6.45) is 0. The van der Waals surface area contributed by atoms with E-state index in [0.717, 1.165) is 16.9 Å². The van der Waals surface area contributed by atoms with Gasteiger partial charge in [-0.25, -0.2) is 9.59 Å². The molecule has 3 rings (SSSR count). The van der Waals surface area contributed by atoms with Crippen LogP contribution in [0.3, 0.4) is 0 Å². The van der Waals surface area contributed by atoms with E-state index in [-0.39, 0.29) is 11.6 Å². The molecule has 3 aromatic carbocycles. The highest BCUT2D eigenvalue weighted by Crippen LogP contribution is 2.16. The first-order chi connectivity index (χ1) is 13.1. The predicted octanol–water partition coefficient (Wildman–Crippen LogP) is 4.64. The zero-order valence-corrected chi connectivity index (χ0v) is 14.5. The van der Waals surface area contributed by atoms with Crippen molar-refractivity contribution in [3.8, 4) is 0 Å². The number of rotatable bonds is 6. The fourth-order valence-electron chi connectivity index (χ4n) is 2.50. The van der Waals surface area contributed by atoms with Gasteiger partial charge in [-0.2, -0.15) is 0 Å². The summed E-state index contributed by atoms with van der Waals surface area (Å²) in [5, 5.41) is 17.8. The smallest absolute Gasteiger partial charge is 0.335 e. The number of nitrogens with one attached hydrogen (secondary N) is 3. The van der Waals surface area contributed by atoms with Crippen LogP contribution in [0.25, 0.3) is 0 Å². The third-order valence-electron chi connectivity index (χ3n) is 3.84. The van der Waals surface area contributed by atoms with E-state index in [4.69, 9.17) is 5.11 Å². The quantitative estimate of drug-likeness (QED) is 0.515. The van der Waals surface area contributed by atoms with Gasteiger partial charge in [-0.15, -0.1) is 0 Å². The van der Waals surface area contributed by atoms with Crippen LogP contribution < -0.4 is 16.0 Å². The van der Waals surface area contributed by atoms with Gasteiger partial charge in [0.25, 0.3) is 0 Å². The number of aromatic carboxylic acids is 1. The van der Waals surface area contributed by atoms with E-state index in [1.165, 1.54) is 0 Å². The van der Waals surface area contributed by atoms with Gasteiger partial charge in [0.1, 0.15) is 0 Å². The van der Waals surface area contributed by atoms with E-state index in [2.05, 4.69) is 16.0 Å². The van der Waals surface area contributed by atoms with Crippen LogP contribution in [0, 0.1) is 0 Å². The summed E-state index contributed by atoms with van der Waals surface area (Å²) in [5.74, 6) is -0.943. The number of urea groups is 1. The zero-order chi connectivity index (χ0) is 19.1. The van der Waals surface area contributed by atoms with Crippen LogP contribution in [0.1, 0.15) is 15.9 Å². The lowest BCUT2D eigenvalue weighted by atomic mass is 10.1. The van der Waals surface area contributed by atoms with Crippen LogP contribution in [0.2, 0.25) is 0 Å². The highest BCUT2D eigenvalue weighted by Gasteiger charge is 2.04. The Morgan fingerprint density at radius 3 is 2.04 bits per heavy atom. The van der Waals surface area contributed by atoms with Gasteiger partial charge >= 0.3 is 12.0 Å². The SMILES string of the molecule is O=C(Nc1ccccc1)Nc1ccc(NCc2cccc(C(=O)O)c2)cc1. The van der Waals surface area contributed by atoms with Crippen molar-refractivity contribution < 1.29 is 14.7 Å². The summed E-state index contributed by atoms with van der Waals surface area (Å²) in [4.78, 5) is 23.0. The number of carbonyl (C=O) groups excluding carboxylic acids is 1. The molecule has 0 bridgehead atoms. The first-order valence-electron chi connectivity index (χ1n) is 8.39. The summed E-state index contributed by atoms with van der Waals surface area (Å²) in [6.45, 7) is 0.502. The molecule has 3 aromatic rings. The van der Waals surface area contributed by atoms with Crippen LogP contribution in [-0.4, -0.2) is 17.1 Å². The van der Waals surface area contributed by atoms with Crippen LogP contribution in [0.15, 0.2) is 78.9 Å². The van der Waals surface area contributed by atoms with E-state index in [1.807, 2.05) is 48.5 Å². The van der Waals surface area contributed by atoms with Crippen LogP contribution in [0.5, 0.6) is 0 Å². The number of carbonyl (C=O) groups is 2. The molecule has 0 fully saturated rings. The monoisotopic (exact) mass is 361 g/mol. The van der Waals surface area contributed by atoms with Crippen molar-refractivity contribution in [1.29, 1.82) is 0 Å². The molecule has 2 amide bonds. The average Bonchev–Trinajstić information content (AvgIpc) is 2.68. The number of carboxylic acids is 1. The van der Waals surface area contributed by atoms with Gasteiger partial charge in [0.15, 0.2) is 0 Å². The van der Waals surface area contributed by atoms with Gasteiger partial charge in [0.05, 0.1) is 5.56 Å². The van der Waals surface area contributed by atoms with Gasteiger partial charge < -0.3 is 21.1 Å². The molecule has 136 valence electrons. The second-order valence-electron chi connectivity index (χ2n) is 5.88. The van der Waals surface area contributed by atoms with E-state index in [9.17, 15) is 9.59 Å². The predicted molar refractivity (Wildman–Crippen MR) is 106 cm³/mol. The molecule has 0 unspecified atom stereocenters. The van der Waals surface area contributed by atoms with Crippen molar-refractivity contribution in [3.63, 3.8) is 0 Å². The van der Waals surface area contributed by atoms with Gasteiger partial charge in [-0.3, -0.25) is 0 Å². The Balaban J connectivity index is 1.53. The van der Waals surface area contributed by atoms with Crippen molar-refractivity contribution in [2.45, 2.75) is 6.54 Å². The lowest BCUT2D eigenvalue weighted by molar-refractivity contribution is 0.0696. The van der Waals surface area contributed by atoms with E-state index in [0.29, 0.717) is 12.2 Å². The molecule has 0 aliphatic rings. The first kappa shape index (κ1) is 18.0. The molecule has 0 atom stereocenters. The fourth-order valence-corrected chi connectivity index (χ4v) is 2.50. The Morgan fingerprint density at radius 2 is 1.37 bits per heavy atom. The lowest BCUT2D eigenvalue weighted by Crippen LogP contribution is -2.19. The molecular weight excluding hydrogens is 342 g/mol. The number of hydrogen-bond donors (Lipinski definition) is 4. The van der Waals surface area contributed by atoms with Crippen molar-refractivity contribution in [1.82, 2.24) is 0 Å². The zero-order valence-electron chi connectivity index (χ0n) is 14.5. The minimum atomic E-state index is -0.943. The molecule has 0 spiro atoms. The van der Waals surface area contributed by atoms with Crippen molar-refractivity contribution in [2.75, 3.05) is 16.0 Å². The fraction of sp³-hybridized carbons (Fsp3) is 0.0476. The Labute approximate surface area is 156 Å². The summed E-state index contributed by atoms with van der Waals surface area (Å²) in [7, 11) is 0. The maximum atomic E-state index is 12.0. The van der Waals surface area contributed by atoms with E-state index >= 15 is 0 Å². The minimum absolute atomic E-state index is 0.262. The van der Waals surface area contributed by atoms with Crippen molar-refractivity contribution >= 4 is 29.1 Å². The highest BCUT2D eigenvalue weighted by atomic mass is 16.4. The highest BCUT2D eigenvalue weighted by molar-refractivity contribution is 5.99. The number of hydrogen-bond acceptors (Lipinski definition) is 3. The molecule has 0 saturated heterocycles. The Hall–Kier alpha value is -3.80. The molecule has 0 aliphatic heterocycles. The molecule has 0 saturated carbocycles. The number of para-hydroxylation sites is 1. The van der Waals surface area contributed by atoms with E-state index < -0.39 is 5.97 Å². The van der Waals surface area contributed by atoms with Gasteiger partial charge in [-0.1, -0.05) is 30.3 Å². The Bertz CT molecular complexity index is 925. The van der Waals surface area contributed by atoms with E-state index in [1.54, 1.807) is 30.3 Å². The average molecular weight is 361 g/mol. The Morgan fingerprint density at radius 1 is 0.741 bits per heavy atom. The second kappa shape index (κ2) is 8.53. The number of anilines is 3. The molecule has 0 radical (unpaired) electrons. The first-order valence-corrected chi connectivity index (χ1v) is 8.39. The van der Waals surface area contributed by atoms with Crippen LogP contribution in [-0.2, 0) is 6.54 Å². The molecule has 27 heavy (non-hydrogen) atoms. The molecule has 4 N–H and O–H groups in total. The topological polar surface area (TPSA) is 90.5 Å². The lowest BCUT2D eigenvalue weighted by Gasteiger charge is -2.10. The maximum absolute atomic E-state index is 12.0. The van der Waals surface area contributed by atoms with Gasteiger partial charge in [0.2, 0.25) is 0 Å². The third-order valence-corrected chi connectivity index (χ3v) is 3.84. The van der Waals surface area contributed by atoms with Gasteiger partial charge in [-0.05, 0) is 54.1 Å². The normalized spacial score (nSPS) is 10.1. The molecule has 6 heteroatoms. The number of amides is 2.